The third-order valence-corrected chi connectivity index (χ3v) is 4.44. The molecule has 4 unspecified atom stereocenters. The number of carbonyl (C=O) groups is 1. The molecule has 1 aromatic carbocycles. The molecule has 1 saturated heterocycles. The van der Waals surface area contributed by atoms with Crippen molar-refractivity contribution < 1.29 is 18.8 Å². The molecule has 1 aromatic rings. The quantitative estimate of drug-likeness (QED) is 0.518. The summed E-state index contributed by atoms with van der Waals surface area (Å²) in [5.41, 5.74) is 0.0934. The summed E-state index contributed by atoms with van der Waals surface area (Å²) in [5.74, 6) is -1.46. The first-order valence-electron chi connectivity index (χ1n) is 7.98. The Bertz CT molecular complexity index is 612. The van der Waals surface area contributed by atoms with E-state index in [0.29, 0.717) is 5.56 Å². The molecule has 2 rings (SSSR count). The molecule has 0 spiro atoms. The molecule has 0 bridgehead atoms. The van der Waals surface area contributed by atoms with Gasteiger partial charge in [-0.25, -0.2) is 4.39 Å². The fourth-order valence-corrected chi connectivity index (χ4v) is 3.48. The van der Waals surface area contributed by atoms with E-state index < -0.39 is 41.2 Å². The molecule has 1 heterocycles. The van der Waals surface area contributed by atoms with Crippen LogP contribution < -0.4 is 5.32 Å². The number of nitrogens with one attached hydrogen (secondary N) is 1. The lowest BCUT2D eigenvalue weighted by molar-refractivity contribution is -0.535. The minimum atomic E-state index is -1.01. The van der Waals surface area contributed by atoms with Gasteiger partial charge in [0, 0.05) is 4.92 Å². The molecular weight excluding hydrogens is 315 g/mol. The average molecular weight is 338 g/mol. The van der Waals surface area contributed by atoms with Crippen molar-refractivity contribution in [1.29, 1.82) is 0 Å². The van der Waals surface area contributed by atoms with E-state index in [4.69, 9.17) is 4.74 Å². The molecule has 7 heteroatoms. The van der Waals surface area contributed by atoms with E-state index in [1.807, 2.05) is 20.8 Å². The van der Waals surface area contributed by atoms with Gasteiger partial charge in [0.05, 0.1) is 12.5 Å². The molecule has 132 valence electrons. The normalized spacial score (nSPS) is 27.0. The van der Waals surface area contributed by atoms with E-state index in [9.17, 15) is 19.3 Å². The summed E-state index contributed by atoms with van der Waals surface area (Å²) in [4.78, 5) is 23.8. The summed E-state index contributed by atoms with van der Waals surface area (Å²) in [5, 5.41) is 14.8. The molecule has 1 aliphatic rings. The zero-order chi connectivity index (χ0) is 18.1. The Balaban J connectivity index is 2.46. The van der Waals surface area contributed by atoms with Crippen molar-refractivity contribution in [3.63, 3.8) is 0 Å². The second-order valence-electron chi connectivity index (χ2n) is 7.09. The van der Waals surface area contributed by atoms with Gasteiger partial charge in [-0.15, -0.1) is 0 Å². The molecule has 1 N–H and O–H groups in total. The van der Waals surface area contributed by atoms with Gasteiger partial charge in [-0.3, -0.25) is 20.2 Å². The van der Waals surface area contributed by atoms with Crippen molar-refractivity contribution >= 4 is 5.97 Å². The predicted molar refractivity (Wildman–Crippen MR) is 86.4 cm³/mol. The number of nitro groups is 1. The van der Waals surface area contributed by atoms with Crippen LogP contribution in [0.5, 0.6) is 0 Å². The number of carbonyl (C=O) groups excluding carboxylic acids is 1. The van der Waals surface area contributed by atoms with Gasteiger partial charge in [0.2, 0.25) is 6.04 Å². The van der Waals surface area contributed by atoms with Crippen LogP contribution in [-0.2, 0) is 9.53 Å². The minimum Gasteiger partial charge on any atom is -0.465 e. The molecule has 1 aliphatic heterocycles. The first kappa shape index (κ1) is 18.3. The van der Waals surface area contributed by atoms with E-state index in [1.54, 1.807) is 6.92 Å². The monoisotopic (exact) mass is 338 g/mol. The first-order chi connectivity index (χ1) is 11.2. The number of hydrogen-bond donors (Lipinski definition) is 1. The first-order valence-corrected chi connectivity index (χ1v) is 7.98. The smallest absolute Gasteiger partial charge is 0.323 e. The summed E-state index contributed by atoms with van der Waals surface area (Å²) < 4.78 is 18.3. The molecule has 0 amide bonds. The second-order valence-corrected chi connectivity index (χ2v) is 7.09. The summed E-state index contributed by atoms with van der Waals surface area (Å²) >= 11 is 0. The molecule has 0 radical (unpaired) electrons. The Kier molecular flexibility index (Phi) is 5.22. The van der Waals surface area contributed by atoms with Crippen molar-refractivity contribution in [2.24, 2.45) is 11.3 Å². The van der Waals surface area contributed by atoms with Gasteiger partial charge >= 0.3 is 5.97 Å². The maximum Gasteiger partial charge on any atom is 0.323 e. The number of ether oxygens (including phenoxy) is 1. The highest BCUT2D eigenvalue weighted by Gasteiger charge is 2.58. The molecule has 0 aliphatic carbocycles. The maximum absolute atomic E-state index is 13.2. The summed E-state index contributed by atoms with van der Waals surface area (Å²) in [6.45, 7) is 7.51. The van der Waals surface area contributed by atoms with E-state index >= 15 is 0 Å². The lowest BCUT2D eigenvalue weighted by Crippen LogP contribution is -2.45. The molecule has 6 nitrogen and oxygen atoms in total. The minimum absolute atomic E-state index is 0.207. The fraction of sp³-hybridized carbons (Fsp3) is 0.588. The number of hydrogen-bond acceptors (Lipinski definition) is 5. The van der Waals surface area contributed by atoms with Crippen molar-refractivity contribution in [3.8, 4) is 0 Å². The Morgan fingerprint density at radius 3 is 2.38 bits per heavy atom. The third-order valence-electron chi connectivity index (χ3n) is 4.44. The molecule has 24 heavy (non-hydrogen) atoms. The standard InChI is InChI=1S/C17H23FN2O4/c1-5-24-16(21)14-12(17(2,3)4)15(20(22)23)13(19-14)10-6-8-11(18)9-7-10/h6-9,12-15,19H,5H2,1-4H3. The zero-order valence-electron chi connectivity index (χ0n) is 14.3. The number of halogens is 1. The largest absolute Gasteiger partial charge is 0.465 e. The van der Waals surface area contributed by atoms with Crippen LogP contribution in [0.2, 0.25) is 0 Å². The van der Waals surface area contributed by atoms with E-state index in [1.165, 1.54) is 24.3 Å². The van der Waals surface area contributed by atoms with Crippen LogP contribution >= 0.6 is 0 Å². The van der Waals surface area contributed by atoms with Gasteiger partial charge in [0.25, 0.3) is 0 Å². The topological polar surface area (TPSA) is 81.5 Å². The zero-order valence-corrected chi connectivity index (χ0v) is 14.3. The highest BCUT2D eigenvalue weighted by Crippen LogP contribution is 2.43. The Morgan fingerprint density at radius 2 is 1.92 bits per heavy atom. The lowest BCUT2D eigenvalue weighted by atomic mass is 9.73. The van der Waals surface area contributed by atoms with Crippen LogP contribution in [-0.4, -0.2) is 29.6 Å². The number of esters is 1. The highest BCUT2D eigenvalue weighted by atomic mass is 19.1. The summed E-state index contributed by atoms with van der Waals surface area (Å²) in [6.07, 6.45) is 0. The number of nitrogens with zero attached hydrogens (tertiary/aromatic N) is 1. The van der Waals surface area contributed by atoms with Crippen LogP contribution in [0.3, 0.4) is 0 Å². The predicted octanol–water partition coefficient (Wildman–Crippen LogP) is 2.71. The summed E-state index contributed by atoms with van der Waals surface area (Å²) in [7, 11) is 0. The third kappa shape index (κ3) is 3.56. The summed E-state index contributed by atoms with van der Waals surface area (Å²) in [6, 6.07) is 3.07. The molecule has 4 atom stereocenters. The lowest BCUT2D eigenvalue weighted by Gasteiger charge is -2.31. The van der Waals surface area contributed by atoms with Gasteiger partial charge in [-0.2, -0.15) is 0 Å². The van der Waals surface area contributed by atoms with Gasteiger partial charge in [-0.05, 0) is 30.0 Å². The molecule has 1 fully saturated rings. The fourth-order valence-electron chi connectivity index (χ4n) is 3.48. The molecule has 0 saturated carbocycles. The van der Waals surface area contributed by atoms with Crippen molar-refractivity contribution in [1.82, 2.24) is 5.32 Å². The van der Waals surface area contributed by atoms with Gasteiger partial charge in [0.1, 0.15) is 17.9 Å². The van der Waals surface area contributed by atoms with Crippen LogP contribution in [0.15, 0.2) is 24.3 Å². The SMILES string of the molecule is CCOC(=O)C1NC(c2ccc(F)cc2)C([N+](=O)[O-])C1C(C)(C)C. The van der Waals surface area contributed by atoms with Gasteiger partial charge < -0.3 is 4.74 Å². The molecule has 0 aromatic heterocycles. The highest BCUT2D eigenvalue weighted by molar-refractivity contribution is 5.77. The van der Waals surface area contributed by atoms with Crippen LogP contribution in [0.4, 0.5) is 4.39 Å². The van der Waals surface area contributed by atoms with Crippen LogP contribution in [0.1, 0.15) is 39.3 Å². The van der Waals surface area contributed by atoms with Crippen molar-refractivity contribution in [3.05, 3.63) is 45.8 Å². The second kappa shape index (κ2) is 6.84. The van der Waals surface area contributed by atoms with Gasteiger partial charge in [-0.1, -0.05) is 32.9 Å². The van der Waals surface area contributed by atoms with Gasteiger partial charge in [0.15, 0.2) is 0 Å². The number of rotatable bonds is 4. The Morgan fingerprint density at radius 1 is 1.33 bits per heavy atom. The van der Waals surface area contributed by atoms with Crippen molar-refractivity contribution in [2.45, 2.75) is 45.8 Å². The van der Waals surface area contributed by atoms with Crippen LogP contribution in [0, 0.1) is 27.3 Å². The Labute approximate surface area is 140 Å². The van der Waals surface area contributed by atoms with Crippen LogP contribution in [0.25, 0.3) is 0 Å². The number of benzene rings is 1. The van der Waals surface area contributed by atoms with Crippen molar-refractivity contribution in [2.75, 3.05) is 6.61 Å². The average Bonchev–Trinajstić information content (AvgIpc) is 2.89. The van der Waals surface area contributed by atoms with E-state index in [0.717, 1.165) is 0 Å². The van der Waals surface area contributed by atoms with E-state index in [2.05, 4.69) is 5.32 Å². The molecular formula is C17H23FN2O4. The Hall–Kier alpha value is -2.02. The maximum atomic E-state index is 13.2. The van der Waals surface area contributed by atoms with E-state index in [-0.39, 0.29) is 11.5 Å².